The van der Waals surface area contributed by atoms with Crippen molar-refractivity contribution >= 4 is 5.69 Å². The van der Waals surface area contributed by atoms with Gasteiger partial charge in [-0.05, 0) is 67.6 Å². The van der Waals surface area contributed by atoms with Crippen LogP contribution in [0.15, 0.2) is 36.4 Å². The summed E-state index contributed by atoms with van der Waals surface area (Å²) < 4.78 is 5.50. The van der Waals surface area contributed by atoms with Gasteiger partial charge in [-0.25, -0.2) is 0 Å². The normalized spacial score (nSPS) is 16.6. The van der Waals surface area contributed by atoms with Crippen molar-refractivity contribution in [3.05, 3.63) is 58.7 Å². The summed E-state index contributed by atoms with van der Waals surface area (Å²) in [6.07, 6.45) is 1.06. The minimum atomic E-state index is 0.376. The second kappa shape index (κ2) is 5.20. The second-order valence-corrected chi connectivity index (χ2v) is 5.51. The van der Waals surface area contributed by atoms with Gasteiger partial charge in [0.25, 0.3) is 0 Å². The van der Waals surface area contributed by atoms with E-state index in [4.69, 9.17) is 4.74 Å². The second-order valence-electron chi connectivity index (χ2n) is 5.51. The van der Waals surface area contributed by atoms with E-state index in [0.29, 0.717) is 12.6 Å². The fourth-order valence-electron chi connectivity index (χ4n) is 3.00. The molecule has 1 aliphatic heterocycles. The number of anilines is 1. The number of rotatable bonds is 3. The van der Waals surface area contributed by atoms with Crippen LogP contribution in [0.25, 0.3) is 0 Å². The number of benzene rings is 2. The van der Waals surface area contributed by atoms with Crippen molar-refractivity contribution in [1.29, 1.82) is 0 Å². The zero-order valence-electron chi connectivity index (χ0n) is 12.4. The topological polar surface area (TPSA) is 21.3 Å². The van der Waals surface area contributed by atoms with Crippen LogP contribution in [-0.2, 0) is 6.42 Å². The summed E-state index contributed by atoms with van der Waals surface area (Å²) in [5, 5.41) is 3.64. The van der Waals surface area contributed by atoms with E-state index in [0.717, 1.165) is 12.2 Å². The van der Waals surface area contributed by atoms with Gasteiger partial charge >= 0.3 is 0 Å². The molecule has 104 valence electrons. The highest BCUT2D eigenvalue weighted by Gasteiger charge is 2.23. The molecule has 1 aliphatic rings. The number of nitrogens with one attached hydrogen (secondary N) is 1. The molecule has 1 atom stereocenters. The third-order valence-electron chi connectivity index (χ3n) is 3.95. The lowest BCUT2D eigenvalue weighted by Crippen LogP contribution is -2.05. The van der Waals surface area contributed by atoms with Crippen LogP contribution in [0, 0.1) is 13.8 Å². The lowest BCUT2D eigenvalue weighted by Gasteiger charge is -2.12. The average molecular weight is 267 g/mol. The molecule has 0 spiro atoms. The number of hydrogen-bond acceptors (Lipinski definition) is 2. The molecule has 3 rings (SSSR count). The van der Waals surface area contributed by atoms with E-state index in [1.54, 1.807) is 0 Å². The summed E-state index contributed by atoms with van der Waals surface area (Å²) in [5.74, 6) is 0.943. The average Bonchev–Trinajstić information content (AvgIpc) is 2.84. The van der Waals surface area contributed by atoms with Crippen LogP contribution in [0.2, 0.25) is 0 Å². The molecular weight excluding hydrogens is 246 g/mol. The lowest BCUT2D eigenvalue weighted by molar-refractivity contribution is 0.340. The highest BCUT2D eigenvalue weighted by molar-refractivity contribution is 5.62. The molecule has 0 bridgehead atoms. The van der Waals surface area contributed by atoms with Crippen molar-refractivity contribution in [2.24, 2.45) is 0 Å². The van der Waals surface area contributed by atoms with Gasteiger partial charge in [-0.2, -0.15) is 0 Å². The molecule has 2 heteroatoms. The summed E-state index contributed by atoms with van der Waals surface area (Å²) in [7, 11) is 0. The van der Waals surface area contributed by atoms with Crippen LogP contribution < -0.4 is 10.1 Å². The van der Waals surface area contributed by atoms with Gasteiger partial charge in [0.2, 0.25) is 0 Å². The Morgan fingerprint density at radius 2 is 1.90 bits per heavy atom. The first-order valence-corrected chi connectivity index (χ1v) is 7.27. The summed E-state index contributed by atoms with van der Waals surface area (Å²) in [6.45, 7) is 7.08. The van der Waals surface area contributed by atoms with Gasteiger partial charge in [-0.15, -0.1) is 0 Å². The predicted molar refractivity (Wildman–Crippen MR) is 83.6 cm³/mol. The third-order valence-corrected chi connectivity index (χ3v) is 3.95. The Morgan fingerprint density at radius 3 is 2.60 bits per heavy atom. The van der Waals surface area contributed by atoms with Gasteiger partial charge in [0.1, 0.15) is 5.75 Å². The molecule has 2 aromatic rings. The largest absolute Gasteiger partial charge is 0.494 e. The van der Waals surface area contributed by atoms with Crippen molar-refractivity contribution < 1.29 is 4.74 Å². The van der Waals surface area contributed by atoms with Crippen molar-refractivity contribution in [2.45, 2.75) is 33.2 Å². The van der Waals surface area contributed by atoms with Crippen LogP contribution in [-0.4, -0.2) is 6.61 Å². The standard InChI is InChI=1S/C18H21NO/c1-4-20-15-7-5-14(6-8-15)17-11-16-13(3)9-12(2)10-18(16)19-17/h5-10,17,19H,4,11H2,1-3H3. The molecule has 0 saturated carbocycles. The van der Waals surface area contributed by atoms with Crippen LogP contribution >= 0.6 is 0 Å². The summed E-state index contributed by atoms with van der Waals surface area (Å²) >= 11 is 0. The number of ether oxygens (including phenoxy) is 1. The number of fused-ring (bicyclic) bond motifs is 1. The monoisotopic (exact) mass is 267 g/mol. The van der Waals surface area contributed by atoms with E-state index in [-0.39, 0.29) is 0 Å². The van der Waals surface area contributed by atoms with Gasteiger partial charge in [0, 0.05) is 5.69 Å². The van der Waals surface area contributed by atoms with E-state index in [9.17, 15) is 0 Å². The Kier molecular flexibility index (Phi) is 3.39. The first-order chi connectivity index (χ1) is 9.67. The van der Waals surface area contributed by atoms with E-state index in [2.05, 4.69) is 55.6 Å². The molecule has 0 aliphatic carbocycles. The smallest absolute Gasteiger partial charge is 0.119 e. The molecule has 0 radical (unpaired) electrons. The molecule has 0 saturated heterocycles. The zero-order valence-corrected chi connectivity index (χ0v) is 12.4. The van der Waals surface area contributed by atoms with E-state index < -0.39 is 0 Å². The highest BCUT2D eigenvalue weighted by atomic mass is 16.5. The number of aryl methyl sites for hydroxylation is 2. The maximum atomic E-state index is 5.50. The van der Waals surface area contributed by atoms with Crippen LogP contribution in [0.4, 0.5) is 5.69 Å². The first kappa shape index (κ1) is 13.0. The summed E-state index contributed by atoms with van der Waals surface area (Å²) in [5.41, 5.74) is 6.78. The molecule has 0 fully saturated rings. The maximum Gasteiger partial charge on any atom is 0.119 e. The zero-order chi connectivity index (χ0) is 14.1. The van der Waals surface area contributed by atoms with Gasteiger partial charge in [0.15, 0.2) is 0 Å². The van der Waals surface area contributed by atoms with Crippen molar-refractivity contribution in [1.82, 2.24) is 0 Å². The van der Waals surface area contributed by atoms with Crippen LogP contribution in [0.3, 0.4) is 0 Å². The highest BCUT2D eigenvalue weighted by Crippen LogP contribution is 2.37. The third kappa shape index (κ3) is 2.38. The summed E-state index contributed by atoms with van der Waals surface area (Å²) in [6, 6.07) is 13.3. The van der Waals surface area contributed by atoms with Gasteiger partial charge in [-0.3, -0.25) is 0 Å². The van der Waals surface area contributed by atoms with Crippen molar-refractivity contribution in [3.63, 3.8) is 0 Å². The quantitative estimate of drug-likeness (QED) is 0.889. The maximum absolute atomic E-state index is 5.50. The van der Waals surface area contributed by atoms with Gasteiger partial charge in [-0.1, -0.05) is 18.2 Å². The molecule has 1 unspecified atom stereocenters. The van der Waals surface area contributed by atoms with Crippen LogP contribution in [0.5, 0.6) is 5.75 Å². The Bertz CT molecular complexity index is 616. The Labute approximate surface area is 120 Å². The van der Waals surface area contributed by atoms with E-state index in [1.807, 2.05) is 6.92 Å². The van der Waals surface area contributed by atoms with Gasteiger partial charge in [0.05, 0.1) is 12.6 Å². The molecule has 0 aromatic heterocycles. The minimum absolute atomic E-state index is 0.376. The Balaban J connectivity index is 1.82. The minimum Gasteiger partial charge on any atom is -0.494 e. The Morgan fingerprint density at radius 1 is 1.15 bits per heavy atom. The predicted octanol–water partition coefficient (Wildman–Crippen LogP) is 4.41. The van der Waals surface area contributed by atoms with E-state index in [1.165, 1.54) is 27.9 Å². The summed E-state index contributed by atoms with van der Waals surface area (Å²) in [4.78, 5) is 0. The van der Waals surface area contributed by atoms with Crippen molar-refractivity contribution in [2.75, 3.05) is 11.9 Å². The number of hydrogen-bond donors (Lipinski definition) is 1. The molecule has 20 heavy (non-hydrogen) atoms. The molecule has 1 N–H and O–H groups in total. The fraction of sp³-hybridized carbons (Fsp3) is 0.333. The SMILES string of the molecule is CCOc1ccc(C2Cc3c(C)cc(C)cc3N2)cc1. The van der Waals surface area contributed by atoms with Crippen molar-refractivity contribution in [3.8, 4) is 5.75 Å². The fourth-order valence-corrected chi connectivity index (χ4v) is 3.00. The molecule has 2 nitrogen and oxygen atoms in total. The lowest BCUT2D eigenvalue weighted by atomic mass is 9.99. The molecule has 1 heterocycles. The first-order valence-electron chi connectivity index (χ1n) is 7.27. The van der Waals surface area contributed by atoms with E-state index >= 15 is 0 Å². The Hall–Kier alpha value is -1.96. The molecule has 2 aromatic carbocycles. The van der Waals surface area contributed by atoms with Crippen LogP contribution in [0.1, 0.15) is 35.2 Å². The van der Waals surface area contributed by atoms with Gasteiger partial charge < -0.3 is 10.1 Å². The molecule has 0 amide bonds. The molecular formula is C18H21NO.